The van der Waals surface area contributed by atoms with Crippen molar-refractivity contribution in [3.8, 4) is 0 Å². The van der Waals surface area contributed by atoms with Gasteiger partial charge in [0.2, 0.25) is 0 Å². The molecule has 0 unspecified atom stereocenters. The third-order valence-corrected chi connectivity index (χ3v) is 4.32. The molecule has 0 bridgehead atoms. The Kier molecular flexibility index (Phi) is 15.8. The second-order valence-electron chi connectivity index (χ2n) is 6.76. The molecule has 0 fully saturated rings. The highest BCUT2D eigenvalue weighted by Crippen LogP contribution is 2.12. The van der Waals surface area contributed by atoms with Gasteiger partial charge in [0.25, 0.3) is 0 Å². The number of carbonyl (C=O) groups excluding carboxylic acids is 2. The normalized spacial score (nSPS) is 10.4. The fourth-order valence-electron chi connectivity index (χ4n) is 2.52. The molecular weight excluding hydrogens is 328 g/mol. The highest BCUT2D eigenvalue weighted by Gasteiger charge is 2.19. The zero-order chi connectivity index (χ0) is 19.6. The van der Waals surface area contributed by atoms with Crippen LogP contribution < -0.4 is 0 Å². The average Bonchev–Trinajstić information content (AvgIpc) is 2.64. The topological polar surface area (TPSA) is 52.6 Å². The lowest BCUT2D eigenvalue weighted by atomic mass is 10.1. The Morgan fingerprint density at radius 2 is 0.885 bits per heavy atom. The van der Waals surface area contributed by atoms with E-state index in [-0.39, 0.29) is 11.1 Å². The van der Waals surface area contributed by atoms with Gasteiger partial charge in [0.05, 0.1) is 24.4 Å². The number of hydrogen-bond donors (Lipinski definition) is 0. The predicted molar refractivity (Wildman–Crippen MR) is 107 cm³/mol. The molecule has 4 nitrogen and oxygen atoms in total. The molecular formula is C22H38O4. The fraction of sp³-hybridized carbons (Fsp3) is 0.727. The molecule has 0 atom stereocenters. The maximum atomic E-state index is 11.9. The standard InChI is InChI=1S/C22H38O4/c1-5-7-9-11-13-15-17-25-21(23)19(3)20(4)22(24)26-18-16-14-12-10-8-6-2/h3-18H2,1-2H3. The number of unbranched alkanes of at least 4 members (excludes halogenated alkanes) is 10. The average molecular weight is 367 g/mol. The summed E-state index contributed by atoms with van der Waals surface area (Å²) >= 11 is 0. The quantitative estimate of drug-likeness (QED) is 0.139. The molecule has 0 amide bonds. The van der Waals surface area contributed by atoms with Crippen molar-refractivity contribution < 1.29 is 19.1 Å². The number of carbonyl (C=O) groups is 2. The third-order valence-electron chi connectivity index (χ3n) is 4.32. The largest absolute Gasteiger partial charge is 0.462 e. The summed E-state index contributed by atoms with van der Waals surface area (Å²) in [6.45, 7) is 12.3. The Morgan fingerprint density at radius 1 is 0.577 bits per heavy atom. The van der Waals surface area contributed by atoms with Crippen molar-refractivity contribution in [2.75, 3.05) is 13.2 Å². The second-order valence-corrected chi connectivity index (χ2v) is 6.76. The van der Waals surface area contributed by atoms with Crippen LogP contribution in [0.4, 0.5) is 0 Å². The van der Waals surface area contributed by atoms with E-state index < -0.39 is 11.9 Å². The van der Waals surface area contributed by atoms with Gasteiger partial charge in [-0.05, 0) is 12.8 Å². The van der Waals surface area contributed by atoms with Crippen LogP contribution in [0.2, 0.25) is 0 Å². The van der Waals surface area contributed by atoms with E-state index in [1.165, 1.54) is 38.5 Å². The van der Waals surface area contributed by atoms with Gasteiger partial charge >= 0.3 is 11.9 Å². The molecule has 26 heavy (non-hydrogen) atoms. The molecule has 0 heterocycles. The van der Waals surface area contributed by atoms with Crippen LogP contribution in [-0.4, -0.2) is 25.2 Å². The van der Waals surface area contributed by atoms with Gasteiger partial charge in [0.15, 0.2) is 0 Å². The molecule has 0 aliphatic carbocycles. The predicted octanol–water partition coefficient (Wildman–Crippen LogP) is 5.91. The summed E-state index contributed by atoms with van der Waals surface area (Å²) in [6.07, 6.45) is 13.4. The van der Waals surface area contributed by atoms with Crippen LogP contribution in [0.15, 0.2) is 24.3 Å². The summed E-state index contributed by atoms with van der Waals surface area (Å²) in [6, 6.07) is 0. The third kappa shape index (κ3) is 12.7. The molecule has 0 aromatic carbocycles. The molecule has 0 aromatic rings. The van der Waals surface area contributed by atoms with Gasteiger partial charge in [0.1, 0.15) is 0 Å². The van der Waals surface area contributed by atoms with Gasteiger partial charge in [-0.3, -0.25) is 0 Å². The lowest BCUT2D eigenvalue weighted by Crippen LogP contribution is -2.16. The van der Waals surface area contributed by atoms with E-state index in [0.29, 0.717) is 13.2 Å². The highest BCUT2D eigenvalue weighted by atomic mass is 16.5. The molecule has 4 heteroatoms. The van der Waals surface area contributed by atoms with Crippen LogP contribution in [0, 0.1) is 0 Å². The Hall–Kier alpha value is -1.58. The van der Waals surface area contributed by atoms with E-state index in [2.05, 4.69) is 27.0 Å². The van der Waals surface area contributed by atoms with E-state index in [1.807, 2.05) is 0 Å². The molecule has 0 aliphatic heterocycles. The van der Waals surface area contributed by atoms with E-state index in [4.69, 9.17) is 9.47 Å². The molecule has 0 spiro atoms. The molecule has 0 radical (unpaired) electrons. The van der Waals surface area contributed by atoms with Crippen LogP contribution in [0.3, 0.4) is 0 Å². The number of hydrogen-bond acceptors (Lipinski definition) is 4. The first-order valence-corrected chi connectivity index (χ1v) is 10.3. The molecule has 0 aromatic heterocycles. The maximum absolute atomic E-state index is 11.9. The Bertz CT molecular complexity index is 386. The molecule has 0 aliphatic rings. The van der Waals surface area contributed by atoms with Crippen LogP contribution in [-0.2, 0) is 19.1 Å². The van der Waals surface area contributed by atoms with Gasteiger partial charge in [-0.1, -0.05) is 91.2 Å². The van der Waals surface area contributed by atoms with Gasteiger partial charge in [-0.25, -0.2) is 9.59 Å². The van der Waals surface area contributed by atoms with E-state index in [9.17, 15) is 9.59 Å². The Morgan fingerprint density at radius 3 is 1.23 bits per heavy atom. The Labute approximate surface area is 160 Å². The lowest BCUT2D eigenvalue weighted by Gasteiger charge is -2.10. The Balaban J connectivity index is 3.82. The fourth-order valence-corrected chi connectivity index (χ4v) is 2.52. The first-order chi connectivity index (χ1) is 12.5. The van der Waals surface area contributed by atoms with Gasteiger partial charge in [-0.2, -0.15) is 0 Å². The minimum atomic E-state index is -0.583. The lowest BCUT2D eigenvalue weighted by molar-refractivity contribution is -0.142. The van der Waals surface area contributed by atoms with Crippen molar-refractivity contribution in [3.63, 3.8) is 0 Å². The van der Waals surface area contributed by atoms with Crippen LogP contribution in [0.25, 0.3) is 0 Å². The van der Waals surface area contributed by atoms with E-state index >= 15 is 0 Å². The van der Waals surface area contributed by atoms with Gasteiger partial charge < -0.3 is 9.47 Å². The van der Waals surface area contributed by atoms with Crippen LogP contribution >= 0.6 is 0 Å². The highest BCUT2D eigenvalue weighted by molar-refractivity contribution is 6.06. The summed E-state index contributed by atoms with van der Waals surface area (Å²) in [4.78, 5) is 23.8. The molecule has 0 N–H and O–H groups in total. The SMILES string of the molecule is C=C(C(=C)C(=O)OCCCCCCCC)C(=O)OCCCCCCCC. The zero-order valence-electron chi connectivity index (χ0n) is 16.9. The summed E-state index contributed by atoms with van der Waals surface area (Å²) in [5.41, 5.74) is -0.0205. The second kappa shape index (κ2) is 16.9. The summed E-state index contributed by atoms with van der Waals surface area (Å²) in [5.74, 6) is -1.17. The first-order valence-electron chi connectivity index (χ1n) is 10.3. The first kappa shape index (κ1) is 24.4. The summed E-state index contributed by atoms with van der Waals surface area (Å²) in [5, 5.41) is 0. The summed E-state index contributed by atoms with van der Waals surface area (Å²) < 4.78 is 10.3. The van der Waals surface area contributed by atoms with Crippen molar-refractivity contribution in [1.82, 2.24) is 0 Å². The van der Waals surface area contributed by atoms with Crippen LogP contribution in [0.5, 0.6) is 0 Å². The van der Waals surface area contributed by atoms with Crippen LogP contribution in [0.1, 0.15) is 90.9 Å². The summed E-state index contributed by atoms with van der Waals surface area (Å²) in [7, 11) is 0. The van der Waals surface area contributed by atoms with Crippen molar-refractivity contribution in [1.29, 1.82) is 0 Å². The minimum absolute atomic E-state index is 0.0103. The van der Waals surface area contributed by atoms with Crippen molar-refractivity contribution in [2.45, 2.75) is 90.9 Å². The zero-order valence-corrected chi connectivity index (χ0v) is 16.9. The molecule has 0 saturated heterocycles. The number of esters is 2. The number of ether oxygens (including phenoxy) is 2. The van der Waals surface area contributed by atoms with Crippen molar-refractivity contribution in [2.24, 2.45) is 0 Å². The minimum Gasteiger partial charge on any atom is -0.462 e. The smallest absolute Gasteiger partial charge is 0.338 e. The molecule has 0 saturated carbocycles. The van der Waals surface area contributed by atoms with Gasteiger partial charge in [-0.15, -0.1) is 0 Å². The number of rotatable bonds is 17. The molecule has 0 rings (SSSR count). The van der Waals surface area contributed by atoms with E-state index in [1.54, 1.807) is 0 Å². The monoisotopic (exact) mass is 366 g/mol. The van der Waals surface area contributed by atoms with Crippen molar-refractivity contribution >= 4 is 11.9 Å². The maximum Gasteiger partial charge on any atom is 0.338 e. The van der Waals surface area contributed by atoms with Gasteiger partial charge in [0, 0.05) is 0 Å². The molecule has 150 valence electrons. The van der Waals surface area contributed by atoms with Crippen molar-refractivity contribution in [3.05, 3.63) is 24.3 Å². The van der Waals surface area contributed by atoms with E-state index in [0.717, 1.165) is 38.5 Å².